The van der Waals surface area contributed by atoms with Crippen LogP contribution in [0.3, 0.4) is 0 Å². The van der Waals surface area contributed by atoms with Crippen LogP contribution in [-0.4, -0.2) is 26.2 Å². The van der Waals surface area contributed by atoms with Gasteiger partial charge in [-0.2, -0.15) is 0 Å². The highest BCUT2D eigenvalue weighted by Crippen LogP contribution is 2.30. The molecule has 1 aromatic rings. The summed E-state index contributed by atoms with van der Waals surface area (Å²) in [4.78, 5) is 18.7. The lowest BCUT2D eigenvalue weighted by Gasteiger charge is -2.03. The van der Waals surface area contributed by atoms with Gasteiger partial charge in [0, 0.05) is 12.0 Å². The van der Waals surface area contributed by atoms with Crippen molar-refractivity contribution in [3.05, 3.63) is 21.4 Å². The number of thiophene rings is 1. The number of aryl methyl sites for hydroxylation is 2. The van der Waals surface area contributed by atoms with Gasteiger partial charge in [0.15, 0.2) is 0 Å². The van der Waals surface area contributed by atoms with Crippen LogP contribution in [0.1, 0.15) is 26.5 Å². The van der Waals surface area contributed by atoms with Gasteiger partial charge in [-0.25, -0.2) is 5.48 Å². The smallest absolute Gasteiger partial charge is 0.284 e. The van der Waals surface area contributed by atoms with Crippen molar-refractivity contribution in [1.29, 1.82) is 0 Å². The first-order chi connectivity index (χ1) is 7.81. The van der Waals surface area contributed by atoms with Crippen molar-refractivity contribution in [2.24, 2.45) is 0 Å². The minimum atomic E-state index is -0.157. The van der Waals surface area contributed by atoms with Gasteiger partial charge in [-0.05, 0) is 30.9 Å². The van der Waals surface area contributed by atoms with Gasteiger partial charge < -0.3 is 4.74 Å². The Morgan fingerprint density at radius 2 is 2.38 bits per heavy atom. The summed E-state index contributed by atoms with van der Waals surface area (Å²) in [6.45, 7) is 0.842. The Kier molecular flexibility index (Phi) is 3.93. The van der Waals surface area contributed by atoms with Gasteiger partial charge in [-0.15, -0.1) is 11.3 Å². The van der Waals surface area contributed by atoms with Crippen LogP contribution < -0.4 is 5.48 Å². The highest BCUT2D eigenvalue weighted by Gasteiger charge is 2.18. The molecule has 0 atom stereocenters. The first-order valence-electron chi connectivity index (χ1n) is 5.34. The topological polar surface area (TPSA) is 47.6 Å². The van der Waals surface area contributed by atoms with Gasteiger partial charge >= 0.3 is 0 Å². The number of carbonyl (C=O) groups excluding carboxylic acids is 1. The average molecular weight is 241 g/mol. The number of carbonyl (C=O) groups is 1. The molecule has 0 unspecified atom stereocenters. The summed E-state index contributed by atoms with van der Waals surface area (Å²) in [6, 6.07) is 1.97. The molecule has 0 bridgehead atoms. The quantitative estimate of drug-likeness (QED) is 0.628. The van der Waals surface area contributed by atoms with E-state index in [4.69, 9.17) is 9.57 Å². The zero-order valence-electron chi connectivity index (χ0n) is 9.25. The van der Waals surface area contributed by atoms with E-state index >= 15 is 0 Å². The molecule has 0 spiro atoms. The van der Waals surface area contributed by atoms with Crippen LogP contribution >= 0.6 is 11.3 Å². The Morgan fingerprint density at radius 3 is 3.12 bits per heavy atom. The molecule has 0 saturated heterocycles. The van der Waals surface area contributed by atoms with Gasteiger partial charge in [0.25, 0.3) is 5.91 Å². The van der Waals surface area contributed by atoms with E-state index in [1.165, 1.54) is 16.9 Å². The summed E-state index contributed by atoms with van der Waals surface area (Å²) in [7, 11) is 1.59. The van der Waals surface area contributed by atoms with E-state index in [0.717, 1.165) is 17.7 Å². The lowest BCUT2D eigenvalue weighted by Crippen LogP contribution is -2.24. The molecule has 2 rings (SSSR count). The zero-order chi connectivity index (χ0) is 11.4. The number of amides is 1. The minimum absolute atomic E-state index is 0.157. The fourth-order valence-corrected chi connectivity index (χ4v) is 2.87. The van der Waals surface area contributed by atoms with E-state index < -0.39 is 0 Å². The number of rotatable bonds is 5. The molecule has 0 aliphatic heterocycles. The minimum Gasteiger partial charge on any atom is -0.382 e. The molecule has 0 saturated carbocycles. The Balaban J connectivity index is 1.84. The van der Waals surface area contributed by atoms with Crippen LogP contribution in [0.4, 0.5) is 0 Å². The Morgan fingerprint density at radius 1 is 1.50 bits per heavy atom. The molecule has 1 heterocycles. The van der Waals surface area contributed by atoms with Crippen molar-refractivity contribution in [2.45, 2.75) is 19.3 Å². The molecule has 4 nitrogen and oxygen atoms in total. The summed E-state index contributed by atoms with van der Waals surface area (Å²) in [6.07, 6.45) is 3.43. The molecule has 88 valence electrons. The van der Waals surface area contributed by atoms with Crippen molar-refractivity contribution in [1.82, 2.24) is 5.48 Å². The number of hydrogen-bond donors (Lipinski definition) is 1. The number of nitrogens with one attached hydrogen (secondary N) is 1. The molecule has 0 fully saturated rings. The van der Waals surface area contributed by atoms with Crippen LogP contribution in [-0.2, 0) is 22.4 Å². The first kappa shape index (κ1) is 11.6. The molecule has 1 N–H and O–H groups in total. The number of methoxy groups -OCH3 is 1. The maximum absolute atomic E-state index is 11.6. The van der Waals surface area contributed by atoms with E-state index in [9.17, 15) is 4.79 Å². The predicted octanol–water partition coefficient (Wildman–Crippen LogP) is 1.54. The van der Waals surface area contributed by atoms with Gasteiger partial charge in [-0.3, -0.25) is 9.63 Å². The second-order valence-corrected chi connectivity index (χ2v) is 4.82. The molecule has 0 aromatic carbocycles. The summed E-state index contributed by atoms with van der Waals surface area (Å²) in [5.74, 6) is -0.157. The third kappa shape index (κ3) is 2.61. The summed E-state index contributed by atoms with van der Waals surface area (Å²) >= 11 is 1.57. The van der Waals surface area contributed by atoms with Gasteiger partial charge in [-0.1, -0.05) is 0 Å². The molecule has 5 heteroatoms. The van der Waals surface area contributed by atoms with Gasteiger partial charge in [0.2, 0.25) is 0 Å². The van der Waals surface area contributed by atoms with Crippen molar-refractivity contribution >= 4 is 17.2 Å². The summed E-state index contributed by atoms with van der Waals surface area (Å²) in [5, 5.41) is 0. The molecule has 16 heavy (non-hydrogen) atoms. The monoisotopic (exact) mass is 241 g/mol. The number of hydrogen-bond acceptors (Lipinski definition) is 4. The van der Waals surface area contributed by atoms with Crippen LogP contribution in [0.2, 0.25) is 0 Å². The molecule has 1 aliphatic rings. The molecule has 1 aromatic heterocycles. The van der Waals surface area contributed by atoms with Crippen LogP contribution in [0.15, 0.2) is 6.07 Å². The van der Waals surface area contributed by atoms with E-state index in [1.54, 1.807) is 18.4 Å². The van der Waals surface area contributed by atoms with E-state index in [2.05, 4.69) is 5.48 Å². The third-order valence-corrected chi connectivity index (χ3v) is 3.76. The largest absolute Gasteiger partial charge is 0.382 e. The molecular weight excluding hydrogens is 226 g/mol. The van der Waals surface area contributed by atoms with Crippen molar-refractivity contribution in [3.63, 3.8) is 0 Å². The van der Waals surface area contributed by atoms with Crippen molar-refractivity contribution < 1.29 is 14.4 Å². The number of fused-ring (bicyclic) bond motifs is 1. The Hall–Kier alpha value is -0.910. The normalized spacial score (nSPS) is 13.8. The standard InChI is InChI=1S/C11H15NO3S/c1-14-5-6-15-12-11(13)10-7-8-3-2-4-9(8)16-10/h7H,2-6H2,1H3,(H,12,13). The average Bonchev–Trinajstić information content (AvgIpc) is 2.83. The Labute approximate surface area is 98.5 Å². The van der Waals surface area contributed by atoms with Gasteiger partial charge in [0.05, 0.1) is 18.1 Å². The molecule has 0 radical (unpaired) electrons. The molecule has 1 amide bonds. The van der Waals surface area contributed by atoms with Crippen LogP contribution in [0, 0.1) is 0 Å². The fourth-order valence-electron chi connectivity index (χ4n) is 1.73. The highest BCUT2D eigenvalue weighted by atomic mass is 32.1. The fraction of sp³-hybridized carbons (Fsp3) is 0.545. The van der Waals surface area contributed by atoms with E-state index in [0.29, 0.717) is 13.2 Å². The van der Waals surface area contributed by atoms with Gasteiger partial charge in [0.1, 0.15) is 0 Å². The predicted molar refractivity (Wildman–Crippen MR) is 61.6 cm³/mol. The number of ether oxygens (including phenoxy) is 1. The van der Waals surface area contributed by atoms with E-state index in [-0.39, 0.29) is 5.91 Å². The molecular formula is C11H15NO3S. The second-order valence-electron chi connectivity index (χ2n) is 3.69. The van der Waals surface area contributed by atoms with E-state index in [1.807, 2.05) is 6.07 Å². The maximum atomic E-state index is 11.6. The van der Waals surface area contributed by atoms with Crippen molar-refractivity contribution in [3.8, 4) is 0 Å². The summed E-state index contributed by atoms with van der Waals surface area (Å²) < 4.78 is 4.81. The first-order valence-corrected chi connectivity index (χ1v) is 6.15. The Bertz CT molecular complexity index is 354. The maximum Gasteiger partial charge on any atom is 0.284 e. The van der Waals surface area contributed by atoms with Crippen LogP contribution in [0.5, 0.6) is 0 Å². The van der Waals surface area contributed by atoms with Crippen molar-refractivity contribution in [2.75, 3.05) is 20.3 Å². The lowest BCUT2D eigenvalue weighted by atomic mass is 10.2. The van der Waals surface area contributed by atoms with Crippen LogP contribution in [0.25, 0.3) is 0 Å². The summed E-state index contributed by atoms with van der Waals surface area (Å²) in [5.41, 5.74) is 3.74. The SMILES string of the molecule is COCCONC(=O)c1cc2c(s1)CCC2. The lowest BCUT2D eigenvalue weighted by molar-refractivity contribution is 0.00914. The second kappa shape index (κ2) is 5.43. The highest BCUT2D eigenvalue weighted by molar-refractivity contribution is 7.14. The third-order valence-electron chi connectivity index (χ3n) is 2.52. The zero-order valence-corrected chi connectivity index (χ0v) is 10.1. The number of hydroxylamine groups is 1. The molecule has 1 aliphatic carbocycles.